The Bertz CT molecular complexity index is 1030. The lowest BCUT2D eigenvalue weighted by Gasteiger charge is -2.44. The molecule has 2 aromatic rings. The van der Waals surface area contributed by atoms with Gasteiger partial charge in [0.2, 0.25) is 5.91 Å². The normalized spacial score (nSPS) is 22.5. The second kappa shape index (κ2) is 8.96. The van der Waals surface area contributed by atoms with Gasteiger partial charge in [0.15, 0.2) is 0 Å². The van der Waals surface area contributed by atoms with Gasteiger partial charge in [0.25, 0.3) is 5.91 Å². The third-order valence-electron chi connectivity index (χ3n) is 7.21. The van der Waals surface area contributed by atoms with Gasteiger partial charge in [0, 0.05) is 17.1 Å². The highest BCUT2D eigenvalue weighted by Crippen LogP contribution is 2.36. The zero-order valence-electron chi connectivity index (χ0n) is 20.8. The maximum absolute atomic E-state index is 13.9. The van der Waals surface area contributed by atoms with Crippen LogP contribution < -0.4 is 10.2 Å². The molecule has 1 aliphatic heterocycles. The molecule has 1 saturated carbocycles. The molecule has 1 fully saturated rings. The average molecular weight is 451 g/mol. The molecule has 1 aliphatic carbocycles. The second-order valence-electron chi connectivity index (χ2n) is 11.0. The zero-order valence-corrected chi connectivity index (χ0v) is 20.8. The summed E-state index contributed by atoms with van der Waals surface area (Å²) in [5, 5.41) is 8.09. The van der Waals surface area contributed by atoms with E-state index in [4.69, 9.17) is 5.10 Å². The highest BCUT2D eigenvalue weighted by Gasteiger charge is 2.49. The first-order chi connectivity index (χ1) is 15.6. The predicted octanol–water partition coefficient (Wildman–Crippen LogP) is 5.14. The minimum Gasteiger partial charge on any atom is -0.351 e. The predicted molar refractivity (Wildman–Crippen MR) is 132 cm³/mol. The highest BCUT2D eigenvalue weighted by molar-refractivity contribution is 6.12. The molecular weight excluding hydrogens is 412 g/mol. The number of carbonyl (C=O) groups is 2. The van der Waals surface area contributed by atoms with E-state index in [0.717, 1.165) is 42.6 Å². The van der Waals surface area contributed by atoms with Gasteiger partial charge < -0.3 is 5.32 Å². The zero-order chi connectivity index (χ0) is 23.8. The average Bonchev–Trinajstić information content (AvgIpc) is 3.16. The van der Waals surface area contributed by atoms with Crippen molar-refractivity contribution in [2.45, 2.75) is 103 Å². The molecule has 2 heterocycles. The number of anilines is 1. The van der Waals surface area contributed by atoms with Crippen molar-refractivity contribution in [2.24, 2.45) is 0 Å². The van der Waals surface area contributed by atoms with Crippen molar-refractivity contribution in [3.8, 4) is 0 Å². The van der Waals surface area contributed by atoms with Crippen molar-refractivity contribution in [1.82, 2.24) is 15.1 Å². The maximum atomic E-state index is 13.9. The van der Waals surface area contributed by atoms with Crippen molar-refractivity contribution in [3.63, 3.8) is 0 Å². The Morgan fingerprint density at radius 3 is 2.36 bits per heavy atom. The van der Waals surface area contributed by atoms with Gasteiger partial charge in [0.1, 0.15) is 11.2 Å². The van der Waals surface area contributed by atoms with Gasteiger partial charge in [-0.05, 0) is 44.4 Å². The number of fused-ring (bicyclic) bond motifs is 1. The number of rotatable bonds is 3. The van der Waals surface area contributed by atoms with Gasteiger partial charge in [-0.3, -0.25) is 19.2 Å². The van der Waals surface area contributed by atoms with Crippen LogP contribution in [0.5, 0.6) is 0 Å². The quantitative estimate of drug-likeness (QED) is 0.704. The van der Waals surface area contributed by atoms with E-state index < -0.39 is 5.54 Å². The summed E-state index contributed by atoms with van der Waals surface area (Å²) in [6, 6.07) is 9.86. The van der Waals surface area contributed by atoms with Crippen LogP contribution in [0.2, 0.25) is 0 Å². The van der Waals surface area contributed by atoms with E-state index in [9.17, 15) is 9.59 Å². The summed E-state index contributed by atoms with van der Waals surface area (Å²) in [7, 11) is 0. The lowest BCUT2D eigenvalue weighted by atomic mass is 9.90. The van der Waals surface area contributed by atoms with Gasteiger partial charge in [-0.25, -0.2) is 0 Å². The van der Waals surface area contributed by atoms with Crippen molar-refractivity contribution in [1.29, 1.82) is 0 Å². The Labute approximate surface area is 197 Å². The fourth-order valence-electron chi connectivity index (χ4n) is 5.08. The molecule has 6 nitrogen and oxygen atoms in total. The molecule has 0 saturated heterocycles. The topological polar surface area (TPSA) is 67.2 Å². The van der Waals surface area contributed by atoms with Crippen LogP contribution in [0.4, 0.5) is 5.69 Å². The van der Waals surface area contributed by atoms with Crippen molar-refractivity contribution in [3.05, 3.63) is 47.3 Å². The highest BCUT2D eigenvalue weighted by atomic mass is 16.2. The molecule has 0 unspecified atom stereocenters. The number of amides is 2. The summed E-state index contributed by atoms with van der Waals surface area (Å²) in [5.41, 5.74) is 1.90. The van der Waals surface area contributed by atoms with Gasteiger partial charge in [-0.1, -0.05) is 71.1 Å². The van der Waals surface area contributed by atoms with Crippen LogP contribution in [0, 0.1) is 6.92 Å². The Hall–Kier alpha value is -2.63. The Balaban J connectivity index is 1.74. The molecule has 0 radical (unpaired) electrons. The molecular formula is C27H38N4O2. The summed E-state index contributed by atoms with van der Waals surface area (Å²) in [4.78, 5) is 29.5. The number of hydrogen-bond donors (Lipinski definition) is 1. The van der Waals surface area contributed by atoms with Crippen LogP contribution in [-0.2, 0) is 16.8 Å². The summed E-state index contributed by atoms with van der Waals surface area (Å²) in [6.45, 7) is 10.5. The molecule has 33 heavy (non-hydrogen) atoms. The molecule has 2 aliphatic rings. The number of aromatic nitrogens is 2. The number of hydrogen-bond acceptors (Lipinski definition) is 3. The lowest BCUT2D eigenvalue weighted by Crippen LogP contribution is -2.65. The van der Waals surface area contributed by atoms with E-state index in [1.54, 1.807) is 9.58 Å². The Morgan fingerprint density at radius 2 is 1.73 bits per heavy atom. The van der Waals surface area contributed by atoms with Crippen LogP contribution in [0.25, 0.3) is 0 Å². The van der Waals surface area contributed by atoms with Crippen LogP contribution in [0.3, 0.4) is 0 Å². The minimum atomic E-state index is -1.07. The maximum Gasteiger partial charge on any atom is 0.277 e. The smallest absolute Gasteiger partial charge is 0.277 e. The first-order valence-electron chi connectivity index (χ1n) is 12.4. The third kappa shape index (κ3) is 4.57. The third-order valence-corrected chi connectivity index (χ3v) is 7.21. The number of benzene rings is 1. The van der Waals surface area contributed by atoms with Crippen LogP contribution in [0.1, 0.15) is 94.4 Å². The summed E-state index contributed by atoms with van der Waals surface area (Å²) >= 11 is 0. The van der Waals surface area contributed by atoms with E-state index >= 15 is 0 Å². The molecule has 1 N–H and O–H groups in total. The standard InChI is InChI=1S/C27H38N4O2/c1-19-13-11-12-16-21(19)31-24(32)22-17-23(26(2,3)4)29-30(22)18-27(31,5)25(33)28-20-14-9-7-6-8-10-15-20/h11-13,16-17,20H,6-10,14-15,18H2,1-5H3,(H,28,33)/t27-/m1/s1. The van der Waals surface area contributed by atoms with E-state index in [2.05, 4.69) is 26.1 Å². The molecule has 0 spiro atoms. The molecule has 1 atom stereocenters. The minimum absolute atomic E-state index is 0.0943. The number of para-hydroxylation sites is 1. The molecule has 0 bridgehead atoms. The second-order valence-corrected chi connectivity index (χ2v) is 11.0. The number of nitrogens with one attached hydrogen (secondary N) is 1. The van der Waals surface area contributed by atoms with Crippen LogP contribution >= 0.6 is 0 Å². The van der Waals surface area contributed by atoms with Gasteiger partial charge in [-0.2, -0.15) is 5.10 Å². The van der Waals surface area contributed by atoms with E-state index in [1.165, 1.54) is 19.3 Å². The molecule has 6 heteroatoms. The number of nitrogens with zero attached hydrogens (tertiary/aromatic N) is 3. The number of carbonyl (C=O) groups excluding carboxylic acids is 2. The SMILES string of the molecule is Cc1ccccc1N1C(=O)c2cc(C(C)(C)C)nn2C[C@]1(C)C(=O)NC1CCCCCCC1. The van der Waals surface area contributed by atoms with E-state index in [0.29, 0.717) is 12.2 Å². The van der Waals surface area contributed by atoms with Crippen molar-refractivity contribution in [2.75, 3.05) is 4.90 Å². The van der Waals surface area contributed by atoms with Crippen molar-refractivity contribution < 1.29 is 9.59 Å². The van der Waals surface area contributed by atoms with Crippen LogP contribution in [-0.4, -0.2) is 33.2 Å². The largest absolute Gasteiger partial charge is 0.351 e. The summed E-state index contributed by atoms with van der Waals surface area (Å²) in [6.07, 6.45) is 8.02. The van der Waals surface area contributed by atoms with Crippen molar-refractivity contribution >= 4 is 17.5 Å². The van der Waals surface area contributed by atoms with E-state index in [1.807, 2.05) is 44.2 Å². The molecule has 2 amide bonds. The Morgan fingerprint density at radius 1 is 1.09 bits per heavy atom. The van der Waals surface area contributed by atoms with Gasteiger partial charge in [-0.15, -0.1) is 0 Å². The Kier molecular flexibility index (Phi) is 6.39. The summed E-state index contributed by atoms with van der Waals surface area (Å²) < 4.78 is 1.75. The van der Waals surface area contributed by atoms with Gasteiger partial charge in [0.05, 0.1) is 12.2 Å². The first-order valence-corrected chi connectivity index (χ1v) is 12.4. The fraction of sp³-hybridized carbons (Fsp3) is 0.593. The van der Waals surface area contributed by atoms with Gasteiger partial charge >= 0.3 is 0 Å². The number of aryl methyl sites for hydroxylation is 1. The monoisotopic (exact) mass is 450 g/mol. The first kappa shape index (κ1) is 23.5. The van der Waals surface area contributed by atoms with Crippen LogP contribution in [0.15, 0.2) is 30.3 Å². The molecule has 178 valence electrons. The fourth-order valence-corrected chi connectivity index (χ4v) is 5.08. The summed E-state index contributed by atoms with van der Waals surface area (Å²) in [5.74, 6) is -0.267. The molecule has 1 aromatic carbocycles. The van der Waals surface area contributed by atoms with E-state index in [-0.39, 0.29) is 23.3 Å². The lowest BCUT2D eigenvalue weighted by molar-refractivity contribution is -0.127. The molecule has 1 aromatic heterocycles. The molecule has 4 rings (SSSR count).